The monoisotopic (exact) mass is 213 g/mol. The topological polar surface area (TPSA) is 23.5 Å². The summed E-state index contributed by atoms with van der Waals surface area (Å²) in [5.41, 5.74) is 0.873. The van der Waals surface area contributed by atoms with Crippen molar-refractivity contribution in [3.63, 3.8) is 0 Å². The minimum atomic E-state index is 0.266. The fraction of sp³-hybridized carbons (Fsp3) is 1.00. The SMILES string of the molecule is CCC1(CC)CN(CC(C)(C)CCO)C1. The fourth-order valence-corrected chi connectivity index (χ4v) is 2.70. The van der Waals surface area contributed by atoms with Crippen LogP contribution in [0.1, 0.15) is 47.0 Å². The van der Waals surface area contributed by atoms with E-state index in [9.17, 15) is 0 Å². The van der Waals surface area contributed by atoms with Gasteiger partial charge in [-0.15, -0.1) is 0 Å². The van der Waals surface area contributed by atoms with Crippen LogP contribution in [-0.4, -0.2) is 36.2 Å². The Hall–Kier alpha value is -0.0800. The summed E-state index contributed by atoms with van der Waals surface area (Å²) >= 11 is 0. The molecule has 0 aromatic carbocycles. The Morgan fingerprint density at radius 3 is 2.13 bits per heavy atom. The van der Waals surface area contributed by atoms with Crippen molar-refractivity contribution in [2.75, 3.05) is 26.2 Å². The molecule has 0 atom stereocenters. The normalized spacial score (nSPS) is 21.4. The zero-order chi connectivity index (χ0) is 11.5. The van der Waals surface area contributed by atoms with Gasteiger partial charge >= 0.3 is 0 Å². The molecule has 1 fully saturated rings. The highest BCUT2D eigenvalue weighted by Gasteiger charge is 2.41. The molecular weight excluding hydrogens is 186 g/mol. The summed E-state index contributed by atoms with van der Waals surface area (Å²) in [5, 5.41) is 8.98. The van der Waals surface area contributed by atoms with E-state index >= 15 is 0 Å². The Kier molecular flexibility index (Phi) is 4.19. The van der Waals surface area contributed by atoms with Crippen molar-refractivity contribution in [3.8, 4) is 0 Å². The summed E-state index contributed by atoms with van der Waals surface area (Å²) in [4.78, 5) is 2.54. The molecular formula is C13H27NO. The van der Waals surface area contributed by atoms with Crippen LogP contribution in [-0.2, 0) is 0 Å². The van der Waals surface area contributed by atoms with Crippen molar-refractivity contribution >= 4 is 0 Å². The minimum absolute atomic E-state index is 0.266. The highest BCUT2D eigenvalue weighted by Crippen LogP contribution is 2.38. The van der Waals surface area contributed by atoms with Gasteiger partial charge in [0.1, 0.15) is 0 Å². The third kappa shape index (κ3) is 3.18. The summed E-state index contributed by atoms with van der Waals surface area (Å²) < 4.78 is 0. The summed E-state index contributed by atoms with van der Waals surface area (Å²) in [6.45, 7) is 13.1. The number of aliphatic hydroxyl groups excluding tert-OH is 1. The number of likely N-dealkylation sites (tertiary alicyclic amines) is 1. The number of rotatable bonds is 6. The summed E-state index contributed by atoms with van der Waals surface area (Å²) in [7, 11) is 0. The Bertz CT molecular complexity index is 189. The van der Waals surface area contributed by atoms with Crippen molar-refractivity contribution in [1.82, 2.24) is 4.90 Å². The van der Waals surface area contributed by atoms with Crippen LogP contribution < -0.4 is 0 Å². The van der Waals surface area contributed by atoms with Gasteiger partial charge in [0.2, 0.25) is 0 Å². The molecule has 2 nitrogen and oxygen atoms in total. The molecule has 1 aliphatic rings. The number of aliphatic hydroxyl groups is 1. The zero-order valence-electron chi connectivity index (χ0n) is 10.8. The minimum Gasteiger partial charge on any atom is -0.396 e. The van der Waals surface area contributed by atoms with E-state index in [1.54, 1.807) is 0 Å². The molecule has 2 heteroatoms. The molecule has 0 spiro atoms. The highest BCUT2D eigenvalue weighted by atomic mass is 16.3. The Morgan fingerprint density at radius 2 is 1.73 bits per heavy atom. The first-order valence-corrected chi connectivity index (χ1v) is 6.30. The first-order chi connectivity index (χ1) is 6.97. The van der Waals surface area contributed by atoms with E-state index in [2.05, 4.69) is 32.6 Å². The van der Waals surface area contributed by atoms with Crippen molar-refractivity contribution in [1.29, 1.82) is 0 Å². The van der Waals surface area contributed by atoms with Gasteiger partial charge in [0.25, 0.3) is 0 Å². The average molecular weight is 213 g/mol. The van der Waals surface area contributed by atoms with Crippen LogP contribution in [0.15, 0.2) is 0 Å². The maximum atomic E-state index is 8.98. The molecule has 0 radical (unpaired) electrons. The van der Waals surface area contributed by atoms with E-state index < -0.39 is 0 Å². The Labute approximate surface area is 94.7 Å². The van der Waals surface area contributed by atoms with Crippen LogP contribution >= 0.6 is 0 Å². The predicted octanol–water partition coefficient (Wildman–Crippen LogP) is 2.52. The quantitative estimate of drug-likeness (QED) is 0.733. The van der Waals surface area contributed by atoms with Gasteiger partial charge in [-0.25, -0.2) is 0 Å². The summed E-state index contributed by atoms with van der Waals surface area (Å²) in [6, 6.07) is 0. The van der Waals surface area contributed by atoms with Crippen LogP contribution in [0.25, 0.3) is 0 Å². The lowest BCUT2D eigenvalue weighted by Crippen LogP contribution is -2.57. The summed E-state index contributed by atoms with van der Waals surface area (Å²) in [6.07, 6.45) is 3.52. The predicted molar refractivity (Wildman–Crippen MR) is 64.9 cm³/mol. The van der Waals surface area contributed by atoms with Crippen LogP contribution in [0.4, 0.5) is 0 Å². The van der Waals surface area contributed by atoms with Crippen LogP contribution in [0.2, 0.25) is 0 Å². The summed E-state index contributed by atoms with van der Waals surface area (Å²) in [5.74, 6) is 0. The lowest BCUT2D eigenvalue weighted by Gasteiger charge is -2.52. The first-order valence-electron chi connectivity index (χ1n) is 6.30. The van der Waals surface area contributed by atoms with Crippen LogP contribution in [0.5, 0.6) is 0 Å². The lowest BCUT2D eigenvalue weighted by atomic mass is 9.74. The van der Waals surface area contributed by atoms with E-state index in [0.29, 0.717) is 12.0 Å². The molecule has 0 unspecified atom stereocenters. The second-order valence-electron chi connectivity index (χ2n) is 5.99. The number of nitrogens with zero attached hydrogens (tertiary/aromatic N) is 1. The van der Waals surface area contributed by atoms with Gasteiger partial charge in [-0.1, -0.05) is 27.7 Å². The van der Waals surface area contributed by atoms with Gasteiger partial charge in [-0.2, -0.15) is 0 Å². The largest absolute Gasteiger partial charge is 0.396 e. The third-order valence-corrected chi connectivity index (χ3v) is 4.06. The third-order valence-electron chi connectivity index (χ3n) is 4.06. The molecule has 90 valence electrons. The molecule has 1 rings (SSSR count). The molecule has 0 bridgehead atoms. The van der Waals surface area contributed by atoms with E-state index in [1.807, 2.05) is 0 Å². The molecule has 0 aliphatic carbocycles. The fourth-order valence-electron chi connectivity index (χ4n) is 2.70. The first kappa shape index (κ1) is 13.0. The van der Waals surface area contributed by atoms with E-state index in [0.717, 1.165) is 13.0 Å². The van der Waals surface area contributed by atoms with Gasteiger partial charge in [0, 0.05) is 26.2 Å². The molecule has 0 saturated carbocycles. The second kappa shape index (κ2) is 4.84. The molecule has 1 heterocycles. The van der Waals surface area contributed by atoms with Gasteiger partial charge in [0.05, 0.1) is 0 Å². The smallest absolute Gasteiger partial charge is 0.0436 e. The molecule has 0 aromatic rings. The molecule has 1 aliphatic heterocycles. The van der Waals surface area contributed by atoms with Crippen LogP contribution in [0.3, 0.4) is 0 Å². The Morgan fingerprint density at radius 1 is 1.20 bits per heavy atom. The van der Waals surface area contributed by atoms with Crippen molar-refractivity contribution in [2.24, 2.45) is 10.8 Å². The zero-order valence-corrected chi connectivity index (χ0v) is 10.8. The maximum Gasteiger partial charge on any atom is 0.0436 e. The van der Waals surface area contributed by atoms with Gasteiger partial charge in [0.15, 0.2) is 0 Å². The highest BCUT2D eigenvalue weighted by molar-refractivity contribution is 4.94. The van der Waals surface area contributed by atoms with Gasteiger partial charge < -0.3 is 10.0 Å². The van der Waals surface area contributed by atoms with E-state index in [4.69, 9.17) is 5.11 Å². The Balaban J connectivity index is 2.33. The maximum absolute atomic E-state index is 8.98. The van der Waals surface area contributed by atoms with Gasteiger partial charge in [-0.3, -0.25) is 0 Å². The second-order valence-corrected chi connectivity index (χ2v) is 5.99. The van der Waals surface area contributed by atoms with Crippen molar-refractivity contribution in [2.45, 2.75) is 47.0 Å². The van der Waals surface area contributed by atoms with Crippen LogP contribution in [0, 0.1) is 10.8 Å². The lowest BCUT2D eigenvalue weighted by molar-refractivity contribution is -0.0313. The molecule has 1 saturated heterocycles. The molecule has 15 heavy (non-hydrogen) atoms. The average Bonchev–Trinajstić information content (AvgIpc) is 2.10. The van der Waals surface area contributed by atoms with E-state index in [-0.39, 0.29) is 5.41 Å². The van der Waals surface area contributed by atoms with Crippen molar-refractivity contribution in [3.05, 3.63) is 0 Å². The number of hydrogen-bond donors (Lipinski definition) is 1. The standard InChI is InChI=1S/C13H27NO/c1-5-13(6-2)10-14(11-13)9-12(3,4)7-8-15/h15H,5-11H2,1-4H3. The number of hydrogen-bond acceptors (Lipinski definition) is 2. The molecule has 0 aromatic heterocycles. The van der Waals surface area contributed by atoms with E-state index in [1.165, 1.54) is 25.9 Å². The molecule has 1 N–H and O–H groups in total. The van der Waals surface area contributed by atoms with Gasteiger partial charge in [-0.05, 0) is 30.1 Å². The van der Waals surface area contributed by atoms with Crippen molar-refractivity contribution < 1.29 is 5.11 Å². The molecule has 0 amide bonds.